The molecule has 2 heterocycles. The molecule has 1 aromatic heterocycles. The third kappa shape index (κ3) is 2.24. The van der Waals surface area contributed by atoms with E-state index in [1.807, 2.05) is 6.07 Å². The highest BCUT2D eigenvalue weighted by molar-refractivity contribution is 5.98. The molecule has 1 fully saturated rings. The fourth-order valence-electron chi connectivity index (χ4n) is 2.81. The summed E-state index contributed by atoms with van der Waals surface area (Å²) in [6, 6.07) is 6.21. The number of ether oxygens (including phenoxy) is 1. The van der Waals surface area contributed by atoms with Crippen molar-refractivity contribution in [3.8, 4) is 0 Å². The van der Waals surface area contributed by atoms with Gasteiger partial charge >= 0.3 is 0 Å². The Balaban J connectivity index is 1.98. The summed E-state index contributed by atoms with van der Waals surface area (Å²) in [7, 11) is 0. The number of aromatic amines is 1. The van der Waals surface area contributed by atoms with Crippen molar-refractivity contribution in [2.75, 3.05) is 18.0 Å². The standard InChI is InChI=1S/C15H18N2O2/c1-10-7-17(8-11(2)19-10)13-3-4-15-14(5-13)12(9-18)6-16-15/h3-6,9-11,16H,7-8H2,1-2H3. The lowest BCUT2D eigenvalue weighted by Gasteiger charge is -2.36. The quantitative estimate of drug-likeness (QED) is 0.842. The van der Waals surface area contributed by atoms with Gasteiger partial charge in [0.05, 0.1) is 12.2 Å². The molecule has 1 N–H and O–H groups in total. The zero-order valence-corrected chi connectivity index (χ0v) is 11.2. The fraction of sp³-hybridized carbons (Fsp3) is 0.400. The van der Waals surface area contributed by atoms with Gasteiger partial charge in [0, 0.05) is 41.4 Å². The van der Waals surface area contributed by atoms with Crippen molar-refractivity contribution in [1.29, 1.82) is 0 Å². The van der Waals surface area contributed by atoms with Gasteiger partial charge in [-0.15, -0.1) is 0 Å². The number of hydrogen-bond donors (Lipinski definition) is 1. The second-order valence-corrected chi connectivity index (χ2v) is 5.25. The summed E-state index contributed by atoms with van der Waals surface area (Å²) in [5.41, 5.74) is 2.86. The van der Waals surface area contributed by atoms with E-state index in [0.29, 0.717) is 5.56 Å². The van der Waals surface area contributed by atoms with Crippen molar-refractivity contribution < 1.29 is 9.53 Å². The number of carbonyl (C=O) groups is 1. The molecule has 1 saturated heterocycles. The number of carbonyl (C=O) groups excluding carboxylic acids is 1. The molecule has 4 heteroatoms. The number of fused-ring (bicyclic) bond motifs is 1. The van der Waals surface area contributed by atoms with Gasteiger partial charge in [0.25, 0.3) is 0 Å². The Bertz CT molecular complexity index is 595. The highest BCUT2D eigenvalue weighted by Crippen LogP contribution is 2.26. The van der Waals surface area contributed by atoms with E-state index >= 15 is 0 Å². The molecule has 1 aromatic carbocycles. The molecule has 0 amide bonds. The van der Waals surface area contributed by atoms with Crippen LogP contribution >= 0.6 is 0 Å². The smallest absolute Gasteiger partial charge is 0.152 e. The number of aromatic nitrogens is 1. The second kappa shape index (κ2) is 4.70. The molecule has 100 valence electrons. The van der Waals surface area contributed by atoms with E-state index in [9.17, 15) is 4.79 Å². The number of hydrogen-bond acceptors (Lipinski definition) is 3. The Morgan fingerprint density at radius 1 is 1.32 bits per heavy atom. The number of morpholine rings is 1. The molecule has 3 rings (SSSR count). The van der Waals surface area contributed by atoms with Crippen molar-refractivity contribution in [2.45, 2.75) is 26.1 Å². The Hall–Kier alpha value is -1.81. The zero-order chi connectivity index (χ0) is 13.4. The van der Waals surface area contributed by atoms with Gasteiger partial charge in [-0.25, -0.2) is 0 Å². The van der Waals surface area contributed by atoms with Crippen LogP contribution in [-0.2, 0) is 4.74 Å². The minimum absolute atomic E-state index is 0.233. The number of nitrogens with zero attached hydrogens (tertiary/aromatic N) is 1. The summed E-state index contributed by atoms with van der Waals surface area (Å²) in [5, 5.41) is 0.985. The summed E-state index contributed by atoms with van der Waals surface area (Å²) in [6.45, 7) is 5.95. The number of benzene rings is 1. The first-order valence-corrected chi connectivity index (χ1v) is 6.64. The highest BCUT2D eigenvalue weighted by atomic mass is 16.5. The zero-order valence-electron chi connectivity index (χ0n) is 11.2. The maximum absolute atomic E-state index is 11.0. The maximum atomic E-state index is 11.0. The topological polar surface area (TPSA) is 45.3 Å². The average molecular weight is 258 g/mol. The van der Waals surface area contributed by atoms with Crippen LogP contribution in [0.4, 0.5) is 5.69 Å². The Kier molecular flexibility index (Phi) is 3.03. The predicted octanol–water partition coefficient (Wildman–Crippen LogP) is 2.59. The number of H-pyrrole nitrogens is 1. The molecule has 0 aliphatic carbocycles. The molecule has 0 spiro atoms. The first-order valence-electron chi connectivity index (χ1n) is 6.64. The molecule has 0 saturated carbocycles. The van der Waals surface area contributed by atoms with Crippen LogP contribution < -0.4 is 4.90 Å². The summed E-state index contributed by atoms with van der Waals surface area (Å²) in [4.78, 5) is 16.5. The molecule has 1 aliphatic rings. The van der Waals surface area contributed by atoms with Gasteiger partial charge in [-0.05, 0) is 32.0 Å². The minimum Gasteiger partial charge on any atom is -0.372 e. The van der Waals surface area contributed by atoms with Gasteiger partial charge in [-0.1, -0.05) is 0 Å². The molecule has 19 heavy (non-hydrogen) atoms. The molecule has 0 radical (unpaired) electrons. The lowest BCUT2D eigenvalue weighted by Crippen LogP contribution is -2.45. The van der Waals surface area contributed by atoms with E-state index < -0.39 is 0 Å². The molecule has 4 nitrogen and oxygen atoms in total. The number of nitrogens with one attached hydrogen (secondary N) is 1. The summed E-state index contributed by atoms with van der Waals surface area (Å²) < 4.78 is 5.75. The lowest BCUT2D eigenvalue weighted by atomic mass is 10.1. The third-order valence-corrected chi connectivity index (χ3v) is 3.61. The van der Waals surface area contributed by atoms with Crippen LogP contribution in [0.5, 0.6) is 0 Å². The van der Waals surface area contributed by atoms with Gasteiger partial charge < -0.3 is 14.6 Å². The van der Waals surface area contributed by atoms with E-state index in [2.05, 4.69) is 35.9 Å². The van der Waals surface area contributed by atoms with Gasteiger partial charge in [-0.3, -0.25) is 4.79 Å². The van der Waals surface area contributed by atoms with Gasteiger partial charge in [0.1, 0.15) is 0 Å². The van der Waals surface area contributed by atoms with E-state index in [0.717, 1.165) is 36.0 Å². The van der Waals surface area contributed by atoms with Crippen LogP contribution in [-0.4, -0.2) is 36.6 Å². The Labute approximate surface area is 112 Å². The fourth-order valence-corrected chi connectivity index (χ4v) is 2.81. The predicted molar refractivity (Wildman–Crippen MR) is 75.9 cm³/mol. The summed E-state index contributed by atoms with van der Waals surface area (Å²) in [5.74, 6) is 0. The molecular weight excluding hydrogens is 240 g/mol. The van der Waals surface area contributed by atoms with Crippen molar-refractivity contribution in [1.82, 2.24) is 4.98 Å². The largest absolute Gasteiger partial charge is 0.372 e. The van der Waals surface area contributed by atoms with Crippen molar-refractivity contribution in [2.24, 2.45) is 0 Å². The first-order chi connectivity index (χ1) is 9.17. The lowest BCUT2D eigenvalue weighted by molar-refractivity contribution is -0.00521. The van der Waals surface area contributed by atoms with Crippen LogP contribution in [0.1, 0.15) is 24.2 Å². The monoisotopic (exact) mass is 258 g/mol. The van der Waals surface area contributed by atoms with E-state index in [1.54, 1.807) is 6.20 Å². The van der Waals surface area contributed by atoms with Gasteiger partial charge in [0.15, 0.2) is 6.29 Å². The molecule has 2 unspecified atom stereocenters. The summed E-state index contributed by atoms with van der Waals surface area (Å²) in [6.07, 6.45) is 3.12. The second-order valence-electron chi connectivity index (χ2n) is 5.25. The van der Waals surface area contributed by atoms with E-state index in [-0.39, 0.29) is 12.2 Å². The van der Waals surface area contributed by atoms with Gasteiger partial charge in [-0.2, -0.15) is 0 Å². The number of anilines is 1. The van der Waals surface area contributed by atoms with Crippen LogP contribution in [0.3, 0.4) is 0 Å². The van der Waals surface area contributed by atoms with Crippen LogP contribution in [0.25, 0.3) is 10.9 Å². The van der Waals surface area contributed by atoms with E-state index in [4.69, 9.17) is 4.74 Å². The van der Waals surface area contributed by atoms with Crippen molar-refractivity contribution in [3.05, 3.63) is 30.0 Å². The number of aldehydes is 1. The third-order valence-electron chi connectivity index (χ3n) is 3.61. The van der Waals surface area contributed by atoms with E-state index in [1.165, 1.54) is 0 Å². The van der Waals surface area contributed by atoms with Crippen molar-refractivity contribution in [3.63, 3.8) is 0 Å². The van der Waals surface area contributed by atoms with Crippen LogP contribution in [0.15, 0.2) is 24.4 Å². The SMILES string of the molecule is CC1CN(c2ccc3[nH]cc(C=O)c3c2)CC(C)O1. The first kappa shape index (κ1) is 12.2. The average Bonchev–Trinajstić information content (AvgIpc) is 2.79. The Morgan fingerprint density at radius 3 is 2.74 bits per heavy atom. The molecule has 0 bridgehead atoms. The summed E-state index contributed by atoms with van der Waals surface area (Å²) >= 11 is 0. The van der Waals surface area contributed by atoms with Crippen molar-refractivity contribution >= 4 is 22.9 Å². The van der Waals surface area contributed by atoms with Crippen LogP contribution in [0.2, 0.25) is 0 Å². The molecular formula is C15H18N2O2. The molecule has 2 atom stereocenters. The molecule has 1 aliphatic heterocycles. The molecule has 2 aromatic rings. The highest BCUT2D eigenvalue weighted by Gasteiger charge is 2.22. The number of rotatable bonds is 2. The minimum atomic E-state index is 0.233. The normalized spacial score (nSPS) is 23.8. The maximum Gasteiger partial charge on any atom is 0.152 e. The van der Waals surface area contributed by atoms with Gasteiger partial charge in [0.2, 0.25) is 0 Å². The Morgan fingerprint density at radius 2 is 2.05 bits per heavy atom. The van der Waals surface area contributed by atoms with Crippen LogP contribution in [0, 0.1) is 0 Å².